The average Bonchev–Trinajstić information content (AvgIpc) is 2.87. The van der Waals surface area contributed by atoms with Gasteiger partial charge in [-0.05, 0) is 40.7 Å². The first-order valence-electron chi connectivity index (χ1n) is 7.61. The maximum Gasteiger partial charge on any atom is 0.317 e. The molecule has 3 nitrogen and oxygen atoms in total. The minimum absolute atomic E-state index is 0.0729. The summed E-state index contributed by atoms with van der Waals surface area (Å²) in [6.07, 6.45) is 1.22. The normalized spacial score (nSPS) is 22.5. The summed E-state index contributed by atoms with van der Waals surface area (Å²) in [6, 6.07) is 8.42. The molecule has 1 aliphatic rings. The molecule has 4 heteroatoms. The Morgan fingerprint density at radius 2 is 2.00 bits per heavy atom. The molecule has 2 aromatic rings. The van der Waals surface area contributed by atoms with Crippen LogP contribution in [0.3, 0.4) is 0 Å². The molecular weight excluding hydrogens is 280 g/mol. The molecule has 0 spiro atoms. The largest absolute Gasteiger partial charge is 0.334 e. The third-order valence-electron chi connectivity index (χ3n) is 4.15. The van der Waals surface area contributed by atoms with Crippen LogP contribution in [0.15, 0.2) is 29.6 Å². The van der Waals surface area contributed by atoms with Crippen molar-refractivity contribution in [2.45, 2.75) is 26.8 Å². The van der Waals surface area contributed by atoms with Gasteiger partial charge >= 0.3 is 6.03 Å². The molecule has 1 aromatic carbocycles. The molecule has 1 fully saturated rings. The van der Waals surface area contributed by atoms with Crippen molar-refractivity contribution in [2.75, 3.05) is 13.1 Å². The highest BCUT2D eigenvalue weighted by Crippen LogP contribution is 2.25. The van der Waals surface area contributed by atoms with E-state index in [0.717, 1.165) is 13.1 Å². The average molecular weight is 302 g/mol. The Kier molecular flexibility index (Phi) is 4.15. The van der Waals surface area contributed by atoms with Gasteiger partial charge in [-0.15, -0.1) is 11.3 Å². The van der Waals surface area contributed by atoms with Crippen LogP contribution >= 0.6 is 11.3 Å². The fraction of sp³-hybridized carbons (Fsp3) is 0.471. The minimum Gasteiger partial charge on any atom is -0.334 e. The fourth-order valence-electron chi connectivity index (χ4n) is 3.28. The topological polar surface area (TPSA) is 32.3 Å². The number of thiophene rings is 1. The van der Waals surface area contributed by atoms with Gasteiger partial charge in [-0.3, -0.25) is 0 Å². The van der Waals surface area contributed by atoms with Crippen LogP contribution in [-0.2, 0) is 6.54 Å². The first-order valence-corrected chi connectivity index (χ1v) is 8.49. The van der Waals surface area contributed by atoms with E-state index < -0.39 is 0 Å². The van der Waals surface area contributed by atoms with Crippen LogP contribution in [0.25, 0.3) is 10.1 Å². The second-order valence-electron chi connectivity index (χ2n) is 6.27. The van der Waals surface area contributed by atoms with E-state index in [1.807, 2.05) is 11.0 Å². The molecule has 2 amide bonds. The number of fused-ring (bicyclic) bond motifs is 1. The van der Waals surface area contributed by atoms with Crippen molar-refractivity contribution in [1.82, 2.24) is 10.2 Å². The summed E-state index contributed by atoms with van der Waals surface area (Å²) in [5.41, 5.74) is 1.21. The van der Waals surface area contributed by atoms with Crippen molar-refractivity contribution < 1.29 is 4.79 Å². The SMILES string of the molecule is CC1CC(C)CN(C(=O)NCc2csc3ccccc23)C1. The summed E-state index contributed by atoms with van der Waals surface area (Å²) in [6.45, 7) is 6.81. The predicted molar refractivity (Wildman–Crippen MR) is 88.6 cm³/mol. The van der Waals surface area contributed by atoms with E-state index in [9.17, 15) is 4.79 Å². The summed E-state index contributed by atoms with van der Waals surface area (Å²) in [5.74, 6) is 1.20. The van der Waals surface area contributed by atoms with E-state index in [0.29, 0.717) is 18.4 Å². The predicted octanol–water partition coefficient (Wildman–Crippen LogP) is 4.09. The molecular formula is C17H22N2OS. The molecule has 1 saturated heterocycles. The van der Waals surface area contributed by atoms with Gasteiger partial charge in [-0.2, -0.15) is 0 Å². The van der Waals surface area contributed by atoms with Crippen LogP contribution in [0.5, 0.6) is 0 Å². The summed E-state index contributed by atoms with van der Waals surface area (Å²) in [7, 11) is 0. The van der Waals surface area contributed by atoms with E-state index in [1.54, 1.807) is 11.3 Å². The number of hydrogen-bond acceptors (Lipinski definition) is 2. The molecule has 112 valence electrons. The number of carbonyl (C=O) groups excluding carboxylic acids is 1. The van der Waals surface area contributed by atoms with Gasteiger partial charge in [-0.25, -0.2) is 4.79 Å². The van der Waals surface area contributed by atoms with Gasteiger partial charge in [-0.1, -0.05) is 32.0 Å². The Morgan fingerprint density at radius 1 is 1.29 bits per heavy atom. The van der Waals surface area contributed by atoms with Crippen LogP contribution < -0.4 is 5.32 Å². The van der Waals surface area contributed by atoms with Crippen molar-refractivity contribution in [3.63, 3.8) is 0 Å². The summed E-state index contributed by atoms with van der Waals surface area (Å²) in [5, 5.41) is 6.48. The molecule has 1 aliphatic heterocycles. The maximum absolute atomic E-state index is 12.3. The monoisotopic (exact) mass is 302 g/mol. The van der Waals surface area contributed by atoms with E-state index in [2.05, 4.69) is 42.7 Å². The van der Waals surface area contributed by atoms with Gasteiger partial charge in [0.25, 0.3) is 0 Å². The number of benzene rings is 1. The highest BCUT2D eigenvalue weighted by atomic mass is 32.1. The third-order valence-corrected chi connectivity index (χ3v) is 5.16. The Labute approximate surface area is 130 Å². The molecule has 0 radical (unpaired) electrons. The minimum atomic E-state index is 0.0729. The van der Waals surface area contributed by atoms with E-state index in [-0.39, 0.29) is 6.03 Å². The number of nitrogens with zero attached hydrogens (tertiary/aromatic N) is 1. The first-order chi connectivity index (χ1) is 10.1. The number of piperidine rings is 1. The summed E-state index contributed by atoms with van der Waals surface area (Å²) < 4.78 is 1.28. The summed E-state index contributed by atoms with van der Waals surface area (Å²) in [4.78, 5) is 14.3. The first kappa shape index (κ1) is 14.4. The van der Waals surface area contributed by atoms with Gasteiger partial charge in [0.2, 0.25) is 0 Å². The Balaban J connectivity index is 1.63. The van der Waals surface area contributed by atoms with Gasteiger partial charge < -0.3 is 10.2 Å². The van der Waals surface area contributed by atoms with Gasteiger partial charge in [0.15, 0.2) is 0 Å². The molecule has 2 unspecified atom stereocenters. The van der Waals surface area contributed by atoms with Gasteiger partial charge in [0, 0.05) is 24.3 Å². The lowest BCUT2D eigenvalue weighted by molar-refractivity contribution is 0.146. The van der Waals surface area contributed by atoms with Crippen LogP contribution in [0.4, 0.5) is 4.79 Å². The molecule has 0 saturated carbocycles. The zero-order valence-electron chi connectivity index (χ0n) is 12.6. The quantitative estimate of drug-likeness (QED) is 0.890. The molecule has 2 heterocycles. The van der Waals surface area contributed by atoms with Crippen molar-refractivity contribution in [3.8, 4) is 0 Å². The highest BCUT2D eigenvalue weighted by molar-refractivity contribution is 7.17. The van der Waals surface area contributed by atoms with Crippen LogP contribution in [0.2, 0.25) is 0 Å². The van der Waals surface area contributed by atoms with Crippen molar-refractivity contribution in [2.24, 2.45) is 11.8 Å². The van der Waals surface area contributed by atoms with E-state index >= 15 is 0 Å². The van der Waals surface area contributed by atoms with E-state index in [4.69, 9.17) is 0 Å². The van der Waals surface area contributed by atoms with Crippen molar-refractivity contribution in [3.05, 3.63) is 35.2 Å². The van der Waals surface area contributed by atoms with Gasteiger partial charge in [0.1, 0.15) is 0 Å². The van der Waals surface area contributed by atoms with Crippen LogP contribution in [0, 0.1) is 11.8 Å². The second kappa shape index (κ2) is 6.06. The zero-order chi connectivity index (χ0) is 14.8. The standard InChI is InChI=1S/C17H22N2OS/c1-12-7-13(2)10-19(9-12)17(20)18-8-14-11-21-16-6-4-3-5-15(14)16/h3-6,11-13H,7-10H2,1-2H3,(H,18,20). The molecule has 3 rings (SSSR count). The lowest BCUT2D eigenvalue weighted by atomic mass is 9.92. The number of carbonyl (C=O) groups is 1. The van der Waals surface area contributed by atoms with Crippen molar-refractivity contribution >= 4 is 27.5 Å². The Bertz CT molecular complexity index is 627. The zero-order valence-corrected chi connectivity index (χ0v) is 13.5. The van der Waals surface area contributed by atoms with Crippen molar-refractivity contribution in [1.29, 1.82) is 0 Å². The number of amides is 2. The Hall–Kier alpha value is -1.55. The van der Waals surface area contributed by atoms with E-state index in [1.165, 1.54) is 22.1 Å². The number of likely N-dealkylation sites (tertiary alicyclic amines) is 1. The molecule has 21 heavy (non-hydrogen) atoms. The van der Waals surface area contributed by atoms with Crippen LogP contribution in [0.1, 0.15) is 25.8 Å². The highest BCUT2D eigenvalue weighted by Gasteiger charge is 2.25. The second-order valence-corrected chi connectivity index (χ2v) is 7.18. The number of rotatable bonds is 2. The molecule has 1 N–H and O–H groups in total. The fourth-order valence-corrected chi connectivity index (χ4v) is 4.24. The van der Waals surface area contributed by atoms with Crippen LogP contribution in [-0.4, -0.2) is 24.0 Å². The lowest BCUT2D eigenvalue weighted by Gasteiger charge is -2.34. The molecule has 1 aromatic heterocycles. The molecule has 0 aliphatic carbocycles. The number of hydrogen-bond donors (Lipinski definition) is 1. The number of nitrogens with one attached hydrogen (secondary N) is 1. The third kappa shape index (κ3) is 3.21. The molecule has 2 atom stereocenters. The number of urea groups is 1. The summed E-state index contributed by atoms with van der Waals surface area (Å²) >= 11 is 1.74. The lowest BCUT2D eigenvalue weighted by Crippen LogP contribution is -2.47. The Morgan fingerprint density at radius 3 is 2.76 bits per heavy atom. The smallest absolute Gasteiger partial charge is 0.317 e. The van der Waals surface area contributed by atoms with Gasteiger partial charge in [0.05, 0.1) is 0 Å². The molecule has 0 bridgehead atoms. The maximum atomic E-state index is 12.3.